The van der Waals surface area contributed by atoms with Crippen LogP contribution < -0.4 is 0 Å². The van der Waals surface area contributed by atoms with Gasteiger partial charge >= 0.3 is 5.97 Å². The number of carboxylic acid groups (broad SMARTS) is 1. The molecular weight excluding hydrogens is 250 g/mol. The van der Waals surface area contributed by atoms with E-state index in [0.717, 1.165) is 6.42 Å². The number of hydrogen-bond acceptors (Lipinski definition) is 3. The lowest BCUT2D eigenvalue weighted by Crippen LogP contribution is -2.43. The summed E-state index contributed by atoms with van der Waals surface area (Å²) in [5, 5.41) is 11.0. The van der Waals surface area contributed by atoms with Gasteiger partial charge in [-0.2, -0.15) is 0 Å². The van der Waals surface area contributed by atoms with Crippen LogP contribution in [0, 0.1) is 12.8 Å². The van der Waals surface area contributed by atoms with E-state index in [-0.39, 0.29) is 5.91 Å². The van der Waals surface area contributed by atoms with Crippen molar-refractivity contribution in [2.75, 3.05) is 13.1 Å². The van der Waals surface area contributed by atoms with Crippen LogP contribution in [0.3, 0.4) is 0 Å². The Morgan fingerprint density at radius 1 is 1.61 bits per heavy atom. The maximum absolute atomic E-state index is 11.7. The molecule has 0 aromatic carbocycles. The highest BCUT2D eigenvalue weighted by Crippen LogP contribution is 2.20. The number of thiophene rings is 1. The first-order valence-electron chi connectivity index (χ1n) is 6.11. The van der Waals surface area contributed by atoms with Crippen LogP contribution in [0.2, 0.25) is 0 Å². The van der Waals surface area contributed by atoms with Gasteiger partial charge in [-0.3, -0.25) is 9.59 Å². The van der Waals surface area contributed by atoms with Gasteiger partial charge in [0.25, 0.3) is 0 Å². The molecule has 0 bridgehead atoms. The van der Waals surface area contributed by atoms with Crippen LogP contribution in [0.5, 0.6) is 0 Å². The van der Waals surface area contributed by atoms with Gasteiger partial charge in [-0.1, -0.05) is 0 Å². The summed E-state index contributed by atoms with van der Waals surface area (Å²) in [5.41, 5.74) is 1.25. The standard InChI is InChI=1S/C13H17NO3S/c1-9-5-7-18-11(9)4-6-14-8-10(13(16)17)2-3-12(14)15/h5,7,10H,2-4,6,8H2,1H3,(H,16,17). The normalized spacial score (nSPS) is 20.2. The first-order chi connectivity index (χ1) is 8.58. The predicted octanol–water partition coefficient (Wildman–Crippen LogP) is 1.92. The lowest BCUT2D eigenvalue weighted by Gasteiger charge is -2.30. The summed E-state index contributed by atoms with van der Waals surface area (Å²) < 4.78 is 0. The number of carbonyl (C=O) groups excluding carboxylic acids is 1. The zero-order valence-corrected chi connectivity index (χ0v) is 11.2. The predicted molar refractivity (Wildman–Crippen MR) is 69.7 cm³/mol. The maximum Gasteiger partial charge on any atom is 0.308 e. The van der Waals surface area contributed by atoms with E-state index in [9.17, 15) is 9.59 Å². The van der Waals surface area contributed by atoms with Crippen molar-refractivity contribution in [2.24, 2.45) is 5.92 Å². The van der Waals surface area contributed by atoms with Gasteiger partial charge in [0.2, 0.25) is 5.91 Å². The molecule has 5 heteroatoms. The molecule has 1 N–H and O–H groups in total. The maximum atomic E-state index is 11.7. The molecule has 1 aromatic heterocycles. The molecule has 1 aromatic rings. The third kappa shape index (κ3) is 2.90. The van der Waals surface area contributed by atoms with E-state index in [4.69, 9.17) is 5.11 Å². The number of amides is 1. The van der Waals surface area contributed by atoms with Gasteiger partial charge in [0.1, 0.15) is 0 Å². The first-order valence-corrected chi connectivity index (χ1v) is 6.99. The Morgan fingerprint density at radius 2 is 2.39 bits per heavy atom. The minimum atomic E-state index is -0.792. The minimum Gasteiger partial charge on any atom is -0.481 e. The van der Waals surface area contributed by atoms with E-state index in [2.05, 4.69) is 13.0 Å². The second-order valence-corrected chi connectivity index (χ2v) is 5.69. The number of likely N-dealkylation sites (tertiary alicyclic amines) is 1. The molecule has 1 unspecified atom stereocenters. The molecular formula is C13H17NO3S. The molecule has 0 aliphatic carbocycles. The minimum absolute atomic E-state index is 0.0849. The molecule has 18 heavy (non-hydrogen) atoms. The summed E-state index contributed by atoms with van der Waals surface area (Å²) in [6, 6.07) is 2.07. The molecule has 0 saturated carbocycles. The summed E-state index contributed by atoms with van der Waals surface area (Å²) in [4.78, 5) is 25.7. The summed E-state index contributed by atoms with van der Waals surface area (Å²) in [6.07, 6.45) is 1.66. The summed E-state index contributed by atoms with van der Waals surface area (Å²) in [5.74, 6) is -1.10. The molecule has 2 heterocycles. The molecule has 1 amide bonds. The molecule has 1 atom stereocenters. The third-order valence-corrected chi connectivity index (χ3v) is 4.51. The number of nitrogens with zero attached hydrogens (tertiary/aromatic N) is 1. The third-order valence-electron chi connectivity index (χ3n) is 3.43. The smallest absolute Gasteiger partial charge is 0.308 e. The van der Waals surface area contributed by atoms with Gasteiger partial charge in [-0.05, 0) is 36.8 Å². The van der Waals surface area contributed by atoms with Gasteiger partial charge in [-0.25, -0.2) is 0 Å². The molecule has 0 spiro atoms. The number of carboxylic acids is 1. The Morgan fingerprint density at radius 3 is 3.00 bits per heavy atom. The zero-order chi connectivity index (χ0) is 13.1. The van der Waals surface area contributed by atoms with Gasteiger partial charge in [-0.15, -0.1) is 11.3 Å². The quantitative estimate of drug-likeness (QED) is 0.906. The topological polar surface area (TPSA) is 57.6 Å². The molecule has 4 nitrogen and oxygen atoms in total. The summed E-state index contributed by atoms with van der Waals surface area (Å²) in [7, 11) is 0. The van der Waals surface area contributed by atoms with Crippen LogP contribution in [-0.2, 0) is 16.0 Å². The van der Waals surface area contributed by atoms with Gasteiger partial charge in [0.05, 0.1) is 5.92 Å². The second kappa shape index (κ2) is 5.52. The molecule has 1 aliphatic heterocycles. The Kier molecular flexibility index (Phi) is 4.01. The largest absolute Gasteiger partial charge is 0.481 e. The second-order valence-electron chi connectivity index (χ2n) is 4.69. The number of rotatable bonds is 4. The average Bonchev–Trinajstić information content (AvgIpc) is 2.73. The van der Waals surface area contributed by atoms with Crippen molar-refractivity contribution in [1.29, 1.82) is 0 Å². The van der Waals surface area contributed by atoms with Crippen molar-refractivity contribution < 1.29 is 14.7 Å². The Hall–Kier alpha value is -1.36. The van der Waals surface area contributed by atoms with Crippen LogP contribution >= 0.6 is 11.3 Å². The Labute approximate surface area is 110 Å². The van der Waals surface area contributed by atoms with Crippen molar-refractivity contribution in [1.82, 2.24) is 4.90 Å². The molecule has 1 saturated heterocycles. The van der Waals surface area contributed by atoms with E-state index in [0.29, 0.717) is 25.9 Å². The fraction of sp³-hybridized carbons (Fsp3) is 0.538. The van der Waals surface area contributed by atoms with Crippen molar-refractivity contribution in [3.05, 3.63) is 21.9 Å². The van der Waals surface area contributed by atoms with Crippen LogP contribution in [0.15, 0.2) is 11.4 Å². The molecule has 2 rings (SSSR count). The van der Waals surface area contributed by atoms with Gasteiger partial charge < -0.3 is 10.0 Å². The number of hydrogen-bond donors (Lipinski definition) is 1. The number of carbonyl (C=O) groups is 2. The molecule has 98 valence electrons. The monoisotopic (exact) mass is 267 g/mol. The van der Waals surface area contributed by atoms with Crippen LogP contribution in [-0.4, -0.2) is 35.0 Å². The fourth-order valence-corrected chi connectivity index (χ4v) is 3.13. The number of piperidine rings is 1. The van der Waals surface area contributed by atoms with E-state index in [1.165, 1.54) is 10.4 Å². The van der Waals surface area contributed by atoms with E-state index >= 15 is 0 Å². The van der Waals surface area contributed by atoms with E-state index in [1.54, 1.807) is 16.2 Å². The first kappa shape index (κ1) is 13.1. The lowest BCUT2D eigenvalue weighted by atomic mass is 9.97. The van der Waals surface area contributed by atoms with Crippen LogP contribution in [0.4, 0.5) is 0 Å². The lowest BCUT2D eigenvalue weighted by molar-refractivity contribution is -0.147. The number of aliphatic carboxylic acids is 1. The van der Waals surface area contributed by atoms with Crippen molar-refractivity contribution in [3.63, 3.8) is 0 Å². The highest BCUT2D eigenvalue weighted by molar-refractivity contribution is 7.10. The van der Waals surface area contributed by atoms with Crippen molar-refractivity contribution in [3.8, 4) is 0 Å². The highest BCUT2D eigenvalue weighted by atomic mass is 32.1. The average molecular weight is 267 g/mol. The molecule has 1 aliphatic rings. The van der Waals surface area contributed by atoms with Crippen LogP contribution in [0.25, 0.3) is 0 Å². The van der Waals surface area contributed by atoms with Gasteiger partial charge in [0, 0.05) is 24.4 Å². The summed E-state index contributed by atoms with van der Waals surface area (Å²) >= 11 is 1.69. The van der Waals surface area contributed by atoms with Gasteiger partial charge in [0.15, 0.2) is 0 Å². The Bertz CT molecular complexity index is 455. The molecule has 0 radical (unpaired) electrons. The fourth-order valence-electron chi connectivity index (χ4n) is 2.23. The van der Waals surface area contributed by atoms with Crippen molar-refractivity contribution >= 4 is 23.2 Å². The van der Waals surface area contributed by atoms with E-state index in [1.807, 2.05) is 5.38 Å². The highest BCUT2D eigenvalue weighted by Gasteiger charge is 2.29. The molecule has 1 fully saturated rings. The van der Waals surface area contributed by atoms with Crippen molar-refractivity contribution in [2.45, 2.75) is 26.2 Å². The summed E-state index contributed by atoms with van der Waals surface area (Å²) in [6.45, 7) is 3.05. The Balaban J connectivity index is 1.93. The van der Waals surface area contributed by atoms with E-state index < -0.39 is 11.9 Å². The SMILES string of the molecule is Cc1ccsc1CCN1CC(C(=O)O)CCC1=O. The zero-order valence-electron chi connectivity index (χ0n) is 10.4. The van der Waals surface area contributed by atoms with Crippen LogP contribution in [0.1, 0.15) is 23.3 Å². The number of aryl methyl sites for hydroxylation is 1.